The first-order valence-electron chi connectivity index (χ1n) is 5.43. The van der Waals surface area contributed by atoms with Crippen LogP contribution in [0.3, 0.4) is 0 Å². The number of thiophene rings is 1. The maximum atomic E-state index is 11.6. The average Bonchev–Trinajstić information content (AvgIpc) is 2.94. The first-order chi connectivity index (χ1) is 7.25. The van der Waals surface area contributed by atoms with Crippen LogP contribution >= 0.6 is 11.3 Å². The van der Waals surface area contributed by atoms with Crippen LogP contribution in [0.4, 0.5) is 0 Å². The van der Waals surface area contributed by atoms with Gasteiger partial charge in [-0.1, -0.05) is 12.8 Å². The molecule has 0 saturated heterocycles. The molecule has 82 valence electrons. The minimum atomic E-state index is 0.115. The fourth-order valence-electron chi connectivity index (χ4n) is 1.48. The number of hydrogen-bond acceptors (Lipinski definition) is 3. The van der Waals surface area contributed by atoms with E-state index in [0.29, 0.717) is 0 Å². The highest BCUT2D eigenvalue weighted by molar-refractivity contribution is 7.14. The van der Waals surface area contributed by atoms with Gasteiger partial charge in [0.15, 0.2) is 5.78 Å². The summed E-state index contributed by atoms with van der Waals surface area (Å²) in [6.45, 7) is 2.99. The normalized spacial score (nSPS) is 15.5. The van der Waals surface area contributed by atoms with Crippen LogP contribution in [0.5, 0.6) is 0 Å². The largest absolute Gasteiger partial charge is 0.373 e. The van der Waals surface area contributed by atoms with Crippen molar-refractivity contribution < 1.29 is 9.53 Å². The Morgan fingerprint density at radius 1 is 1.53 bits per heavy atom. The molecule has 0 aromatic carbocycles. The third kappa shape index (κ3) is 3.43. The van der Waals surface area contributed by atoms with Crippen molar-refractivity contribution >= 4 is 17.1 Å². The highest BCUT2D eigenvalue weighted by atomic mass is 32.1. The second kappa shape index (κ2) is 4.90. The van der Waals surface area contributed by atoms with E-state index in [-0.39, 0.29) is 12.4 Å². The van der Waals surface area contributed by atoms with Crippen LogP contribution in [0.25, 0.3) is 0 Å². The number of hydrogen-bond donors (Lipinski definition) is 0. The summed E-state index contributed by atoms with van der Waals surface area (Å²) in [4.78, 5) is 13.6. The highest BCUT2D eigenvalue weighted by Gasteiger charge is 2.20. The fraction of sp³-hybridized carbons (Fsp3) is 0.583. The Bertz CT molecular complexity index is 339. The van der Waals surface area contributed by atoms with Gasteiger partial charge in [0.05, 0.1) is 4.88 Å². The SMILES string of the molecule is Cc1ccc(C(=O)COCCC2CC2)s1. The third-order valence-electron chi connectivity index (χ3n) is 2.62. The van der Waals surface area contributed by atoms with E-state index in [2.05, 4.69) is 0 Å². The number of ketones is 1. The average molecular weight is 224 g/mol. The minimum absolute atomic E-state index is 0.115. The van der Waals surface area contributed by atoms with Crippen LogP contribution in [-0.4, -0.2) is 19.0 Å². The Kier molecular flexibility index (Phi) is 3.54. The van der Waals surface area contributed by atoms with Crippen molar-refractivity contribution in [2.24, 2.45) is 5.92 Å². The van der Waals surface area contributed by atoms with E-state index in [1.54, 1.807) is 11.3 Å². The van der Waals surface area contributed by atoms with Gasteiger partial charge < -0.3 is 4.74 Å². The lowest BCUT2D eigenvalue weighted by atomic mass is 10.3. The molecular formula is C12H16O2S. The first-order valence-corrected chi connectivity index (χ1v) is 6.25. The van der Waals surface area contributed by atoms with Gasteiger partial charge in [-0.25, -0.2) is 0 Å². The van der Waals surface area contributed by atoms with Gasteiger partial charge in [0.2, 0.25) is 0 Å². The Labute approximate surface area is 94.3 Å². The van der Waals surface area contributed by atoms with Crippen molar-refractivity contribution in [1.29, 1.82) is 0 Å². The summed E-state index contributed by atoms with van der Waals surface area (Å²) in [5, 5.41) is 0. The van der Waals surface area contributed by atoms with Crippen molar-refractivity contribution in [2.45, 2.75) is 26.2 Å². The van der Waals surface area contributed by atoms with Crippen molar-refractivity contribution in [3.05, 3.63) is 21.9 Å². The first kappa shape index (κ1) is 10.8. The fourth-order valence-corrected chi connectivity index (χ4v) is 2.27. The van der Waals surface area contributed by atoms with Crippen LogP contribution in [0.1, 0.15) is 33.8 Å². The summed E-state index contributed by atoms with van der Waals surface area (Å²) in [5.41, 5.74) is 0. The van der Waals surface area contributed by atoms with E-state index in [4.69, 9.17) is 4.74 Å². The summed E-state index contributed by atoms with van der Waals surface area (Å²) in [6.07, 6.45) is 3.82. The number of ether oxygens (including phenoxy) is 1. The molecule has 2 rings (SSSR count). The zero-order chi connectivity index (χ0) is 10.7. The van der Waals surface area contributed by atoms with Crippen molar-refractivity contribution in [3.63, 3.8) is 0 Å². The molecule has 1 aliphatic carbocycles. The standard InChI is InChI=1S/C12H16O2S/c1-9-2-5-12(15-9)11(13)8-14-7-6-10-3-4-10/h2,5,10H,3-4,6-8H2,1H3. The lowest BCUT2D eigenvalue weighted by molar-refractivity contribution is 0.0752. The molecule has 2 nitrogen and oxygen atoms in total. The van der Waals surface area contributed by atoms with Gasteiger partial charge in [0, 0.05) is 11.5 Å². The van der Waals surface area contributed by atoms with E-state index in [9.17, 15) is 4.79 Å². The van der Waals surface area contributed by atoms with Crippen LogP contribution in [0.15, 0.2) is 12.1 Å². The summed E-state index contributed by atoms with van der Waals surface area (Å²) in [6, 6.07) is 3.86. The number of carbonyl (C=O) groups is 1. The number of rotatable bonds is 6. The topological polar surface area (TPSA) is 26.3 Å². The number of aryl methyl sites for hydroxylation is 1. The predicted octanol–water partition coefficient (Wildman–Crippen LogP) is 3.06. The van der Waals surface area contributed by atoms with Gasteiger partial charge >= 0.3 is 0 Å². The zero-order valence-electron chi connectivity index (χ0n) is 8.99. The van der Waals surface area contributed by atoms with Gasteiger partial charge in [0.25, 0.3) is 0 Å². The van der Waals surface area contributed by atoms with Crippen LogP contribution in [-0.2, 0) is 4.74 Å². The molecule has 0 aliphatic heterocycles. The predicted molar refractivity (Wildman–Crippen MR) is 61.5 cm³/mol. The van der Waals surface area contributed by atoms with Crippen LogP contribution < -0.4 is 0 Å². The van der Waals surface area contributed by atoms with Gasteiger partial charge in [0.1, 0.15) is 6.61 Å². The second-order valence-corrected chi connectivity index (χ2v) is 5.41. The second-order valence-electron chi connectivity index (χ2n) is 4.12. The number of carbonyl (C=O) groups excluding carboxylic acids is 1. The molecule has 0 amide bonds. The molecule has 1 aliphatic rings. The quantitative estimate of drug-likeness (QED) is 0.548. The monoisotopic (exact) mass is 224 g/mol. The summed E-state index contributed by atoms with van der Waals surface area (Å²) in [7, 11) is 0. The molecule has 0 spiro atoms. The maximum absolute atomic E-state index is 11.6. The zero-order valence-corrected chi connectivity index (χ0v) is 9.81. The maximum Gasteiger partial charge on any atom is 0.198 e. The molecule has 0 radical (unpaired) electrons. The molecule has 1 fully saturated rings. The molecule has 3 heteroatoms. The molecule has 1 aromatic heterocycles. The minimum Gasteiger partial charge on any atom is -0.373 e. The van der Waals surface area contributed by atoms with Gasteiger partial charge in [-0.05, 0) is 31.4 Å². The smallest absolute Gasteiger partial charge is 0.198 e. The van der Waals surface area contributed by atoms with E-state index in [1.165, 1.54) is 17.7 Å². The van der Waals surface area contributed by atoms with Crippen molar-refractivity contribution in [3.8, 4) is 0 Å². The third-order valence-corrected chi connectivity index (χ3v) is 3.66. The van der Waals surface area contributed by atoms with E-state index >= 15 is 0 Å². The molecule has 0 bridgehead atoms. The summed E-state index contributed by atoms with van der Waals surface area (Å²) < 4.78 is 5.37. The van der Waals surface area contributed by atoms with E-state index < -0.39 is 0 Å². The molecule has 0 unspecified atom stereocenters. The van der Waals surface area contributed by atoms with Gasteiger partial charge in [-0.2, -0.15) is 0 Å². The molecule has 0 atom stereocenters. The van der Waals surface area contributed by atoms with Crippen molar-refractivity contribution in [2.75, 3.05) is 13.2 Å². The Morgan fingerprint density at radius 2 is 2.33 bits per heavy atom. The Hall–Kier alpha value is -0.670. The summed E-state index contributed by atoms with van der Waals surface area (Å²) in [5.74, 6) is 0.994. The lowest BCUT2D eigenvalue weighted by Crippen LogP contribution is -2.08. The van der Waals surface area contributed by atoms with E-state index in [0.717, 1.165) is 23.8 Å². The molecular weight excluding hydrogens is 208 g/mol. The van der Waals surface area contributed by atoms with Gasteiger partial charge in [-0.15, -0.1) is 11.3 Å². The number of Topliss-reactive ketones (excluding diaryl/α,β-unsaturated/α-hetero) is 1. The van der Waals surface area contributed by atoms with Crippen LogP contribution in [0.2, 0.25) is 0 Å². The van der Waals surface area contributed by atoms with E-state index in [1.807, 2.05) is 19.1 Å². The Balaban J connectivity index is 1.67. The molecule has 1 aromatic rings. The molecule has 0 N–H and O–H groups in total. The molecule has 1 saturated carbocycles. The lowest BCUT2D eigenvalue weighted by Gasteiger charge is -2.01. The highest BCUT2D eigenvalue weighted by Crippen LogP contribution is 2.32. The summed E-state index contributed by atoms with van der Waals surface area (Å²) >= 11 is 1.54. The molecule has 1 heterocycles. The van der Waals surface area contributed by atoms with Crippen molar-refractivity contribution in [1.82, 2.24) is 0 Å². The van der Waals surface area contributed by atoms with Gasteiger partial charge in [-0.3, -0.25) is 4.79 Å². The van der Waals surface area contributed by atoms with Crippen LogP contribution in [0, 0.1) is 12.8 Å². The Morgan fingerprint density at radius 3 is 2.93 bits per heavy atom. The molecule has 15 heavy (non-hydrogen) atoms.